The predicted octanol–water partition coefficient (Wildman–Crippen LogP) is -0.236. The molecule has 2 heterocycles. The lowest BCUT2D eigenvalue weighted by Crippen LogP contribution is -3.16. The number of quaternary nitrogens is 2. The molecule has 0 aromatic heterocycles. The van der Waals surface area contributed by atoms with Crippen LogP contribution in [0.25, 0.3) is 0 Å². The molecule has 0 unspecified atom stereocenters. The molecule has 6 nitrogen and oxygen atoms in total. The number of amides is 1. The van der Waals surface area contributed by atoms with Crippen LogP contribution in [0.5, 0.6) is 5.75 Å². The smallest absolute Gasteiger partial charge is 0.275 e. The number of hydrogen-bond donors (Lipinski definition) is 3. The second kappa shape index (κ2) is 10.6. The molecule has 6 heteroatoms. The summed E-state index contributed by atoms with van der Waals surface area (Å²) in [4.78, 5) is 18.0. The summed E-state index contributed by atoms with van der Waals surface area (Å²) >= 11 is 0. The van der Waals surface area contributed by atoms with E-state index >= 15 is 0 Å². The Morgan fingerprint density at radius 1 is 0.968 bits per heavy atom. The van der Waals surface area contributed by atoms with Crippen molar-refractivity contribution in [3.8, 4) is 5.75 Å². The molecule has 2 aromatic carbocycles. The summed E-state index contributed by atoms with van der Waals surface area (Å²) in [5, 5.41) is 3.31. The van der Waals surface area contributed by atoms with Gasteiger partial charge in [0.2, 0.25) is 0 Å². The molecule has 2 saturated heterocycles. The van der Waals surface area contributed by atoms with Gasteiger partial charge >= 0.3 is 0 Å². The molecular formula is C25H36N4O2+2. The number of piperidine rings is 1. The van der Waals surface area contributed by atoms with E-state index in [0.29, 0.717) is 12.6 Å². The van der Waals surface area contributed by atoms with Gasteiger partial charge in [-0.1, -0.05) is 30.3 Å². The summed E-state index contributed by atoms with van der Waals surface area (Å²) in [7, 11) is 1.69. The molecule has 0 saturated carbocycles. The maximum Gasteiger partial charge on any atom is 0.275 e. The van der Waals surface area contributed by atoms with Crippen LogP contribution in [0.15, 0.2) is 54.6 Å². The number of ether oxygens (including phenoxy) is 1. The van der Waals surface area contributed by atoms with Gasteiger partial charge in [0, 0.05) is 30.1 Å². The van der Waals surface area contributed by atoms with Crippen LogP contribution >= 0.6 is 0 Å². The Bertz CT molecular complexity index is 811. The van der Waals surface area contributed by atoms with Gasteiger partial charge in [0.1, 0.15) is 12.3 Å². The molecular weight excluding hydrogens is 388 g/mol. The first-order valence-corrected chi connectivity index (χ1v) is 11.6. The number of nitrogens with one attached hydrogen (secondary N) is 3. The molecule has 3 N–H and O–H groups in total. The minimum Gasteiger partial charge on any atom is -0.497 e. The average Bonchev–Trinajstić information content (AvgIpc) is 2.82. The minimum atomic E-state index is 0.212. The first kappa shape index (κ1) is 21.7. The fourth-order valence-corrected chi connectivity index (χ4v) is 4.79. The fourth-order valence-electron chi connectivity index (χ4n) is 4.79. The van der Waals surface area contributed by atoms with Crippen LogP contribution in [0.1, 0.15) is 18.4 Å². The molecule has 0 radical (unpaired) electrons. The average molecular weight is 425 g/mol. The topological polar surface area (TPSA) is 50.5 Å². The molecule has 0 aliphatic carbocycles. The third kappa shape index (κ3) is 6.21. The van der Waals surface area contributed by atoms with E-state index in [0.717, 1.165) is 64.4 Å². The van der Waals surface area contributed by atoms with Gasteiger partial charge in [-0.25, -0.2) is 0 Å². The predicted molar refractivity (Wildman–Crippen MR) is 123 cm³/mol. The Morgan fingerprint density at radius 3 is 2.29 bits per heavy atom. The van der Waals surface area contributed by atoms with Gasteiger partial charge in [-0.05, 0) is 24.3 Å². The van der Waals surface area contributed by atoms with Crippen molar-refractivity contribution in [2.24, 2.45) is 0 Å². The summed E-state index contributed by atoms with van der Waals surface area (Å²) in [5.41, 5.74) is 2.63. The van der Waals surface area contributed by atoms with Gasteiger partial charge in [-0.2, -0.15) is 0 Å². The standard InChI is InChI=1S/C25H34N4O2/c1-31-24-9-7-23(8-10-24)29-17-15-28(16-18-29)20-25(30)26-22-11-13-27(14-12-22)19-21-5-3-2-4-6-21/h2-10,22H,11-20H2,1H3,(H,26,30)/p+2. The van der Waals surface area contributed by atoms with Crippen LogP contribution in [-0.2, 0) is 11.3 Å². The highest BCUT2D eigenvalue weighted by atomic mass is 16.5. The third-order valence-corrected chi connectivity index (χ3v) is 6.67. The SMILES string of the molecule is COc1ccc(N2CC[NH+](CC(=O)NC3CC[NH+](Cc4ccccc4)CC3)CC2)cc1. The Morgan fingerprint density at radius 2 is 1.65 bits per heavy atom. The molecule has 0 spiro atoms. The monoisotopic (exact) mass is 424 g/mol. The number of rotatable bonds is 7. The molecule has 4 rings (SSSR count). The summed E-state index contributed by atoms with van der Waals surface area (Å²) in [6.07, 6.45) is 2.16. The van der Waals surface area contributed by atoms with Crippen molar-refractivity contribution in [2.75, 3.05) is 57.8 Å². The van der Waals surface area contributed by atoms with Crippen molar-refractivity contribution in [1.29, 1.82) is 0 Å². The molecule has 1 amide bonds. The lowest BCUT2D eigenvalue weighted by atomic mass is 10.0. The first-order chi connectivity index (χ1) is 15.2. The highest BCUT2D eigenvalue weighted by Gasteiger charge is 2.26. The van der Waals surface area contributed by atoms with E-state index in [9.17, 15) is 4.79 Å². The maximum atomic E-state index is 12.6. The Labute approximate surface area is 185 Å². The quantitative estimate of drug-likeness (QED) is 0.575. The van der Waals surface area contributed by atoms with Gasteiger partial charge in [0.05, 0.1) is 46.4 Å². The minimum absolute atomic E-state index is 0.212. The molecule has 0 atom stereocenters. The second-order valence-corrected chi connectivity index (χ2v) is 8.87. The highest BCUT2D eigenvalue weighted by molar-refractivity contribution is 5.77. The van der Waals surface area contributed by atoms with Gasteiger partial charge in [0.25, 0.3) is 5.91 Å². The number of piperazine rings is 1. The lowest BCUT2D eigenvalue weighted by Gasteiger charge is -2.34. The van der Waals surface area contributed by atoms with E-state index < -0.39 is 0 Å². The molecule has 166 valence electrons. The van der Waals surface area contributed by atoms with E-state index in [1.165, 1.54) is 16.2 Å². The highest BCUT2D eigenvalue weighted by Crippen LogP contribution is 2.18. The second-order valence-electron chi connectivity index (χ2n) is 8.87. The van der Waals surface area contributed by atoms with Crippen molar-refractivity contribution in [2.45, 2.75) is 25.4 Å². The van der Waals surface area contributed by atoms with E-state index in [1.54, 1.807) is 12.0 Å². The van der Waals surface area contributed by atoms with Crippen LogP contribution < -0.4 is 24.8 Å². The van der Waals surface area contributed by atoms with Gasteiger partial charge < -0.3 is 24.8 Å². The molecule has 0 bridgehead atoms. The first-order valence-electron chi connectivity index (χ1n) is 11.6. The number of methoxy groups -OCH3 is 1. The number of hydrogen-bond acceptors (Lipinski definition) is 3. The Hall–Kier alpha value is -2.57. The summed E-state index contributed by atoms with van der Waals surface area (Å²) in [6, 6.07) is 19.3. The molecule has 31 heavy (non-hydrogen) atoms. The van der Waals surface area contributed by atoms with Crippen molar-refractivity contribution in [3.63, 3.8) is 0 Å². The Kier molecular flexibility index (Phi) is 7.43. The van der Waals surface area contributed by atoms with Crippen LogP contribution in [0.4, 0.5) is 5.69 Å². The molecule has 2 aliphatic heterocycles. The van der Waals surface area contributed by atoms with Crippen molar-refractivity contribution >= 4 is 11.6 Å². The van der Waals surface area contributed by atoms with Crippen molar-refractivity contribution in [1.82, 2.24) is 5.32 Å². The van der Waals surface area contributed by atoms with E-state index in [1.807, 2.05) is 12.1 Å². The summed E-state index contributed by atoms with van der Waals surface area (Å²) in [6.45, 7) is 7.91. The van der Waals surface area contributed by atoms with Crippen LogP contribution in [-0.4, -0.2) is 64.9 Å². The number of benzene rings is 2. The normalized spacial score (nSPS) is 22.2. The van der Waals surface area contributed by atoms with Crippen LogP contribution in [0, 0.1) is 0 Å². The van der Waals surface area contributed by atoms with Crippen LogP contribution in [0.3, 0.4) is 0 Å². The van der Waals surface area contributed by atoms with Gasteiger partial charge in [-0.3, -0.25) is 4.79 Å². The number of nitrogens with zero attached hydrogens (tertiary/aromatic N) is 1. The number of anilines is 1. The number of likely N-dealkylation sites (tertiary alicyclic amines) is 1. The van der Waals surface area contributed by atoms with Crippen molar-refractivity contribution in [3.05, 3.63) is 60.2 Å². The summed E-state index contributed by atoms with van der Waals surface area (Å²) in [5.74, 6) is 1.10. The van der Waals surface area contributed by atoms with Crippen molar-refractivity contribution < 1.29 is 19.3 Å². The van der Waals surface area contributed by atoms with Gasteiger partial charge in [0.15, 0.2) is 6.54 Å². The maximum absolute atomic E-state index is 12.6. The zero-order chi connectivity index (χ0) is 21.5. The van der Waals surface area contributed by atoms with Gasteiger partial charge in [-0.15, -0.1) is 0 Å². The lowest BCUT2D eigenvalue weighted by molar-refractivity contribution is -0.918. The zero-order valence-electron chi connectivity index (χ0n) is 18.6. The van der Waals surface area contributed by atoms with E-state index in [4.69, 9.17) is 4.74 Å². The molecule has 2 fully saturated rings. The third-order valence-electron chi connectivity index (χ3n) is 6.67. The van der Waals surface area contributed by atoms with Crippen LogP contribution in [0.2, 0.25) is 0 Å². The Balaban J connectivity index is 1.15. The largest absolute Gasteiger partial charge is 0.497 e. The van der Waals surface area contributed by atoms with E-state index in [-0.39, 0.29) is 5.91 Å². The molecule has 2 aliphatic rings. The zero-order valence-corrected chi connectivity index (χ0v) is 18.6. The van der Waals surface area contributed by atoms with E-state index in [2.05, 4.69) is 52.7 Å². The summed E-state index contributed by atoms with van der Waals surface area (Å²) < 4.78 is 5.24. The number of carbonyl (C=O) groups is 1. The number of carbonyl (C=O) groups excluding carboxylic acids is 1. The fraction of sp³-hybridized carbons (Fsp3) is 0.480. The molecule has 2 aromatic rings.